The van der Waals surface area contributed by atoms with Crippen molar-refractivity contribution in [2.24, 2.45) is 0 Å². The van der Waals surface area contributed by atoms with Crippen LogP contribution in [0.15, 0.2) is 23.3 Å². The van der Waals surface area contributed by atoms with Crippen molar-refractivity contribution in [3.05, 3.63) is 24.6 Å². The van der Waals surface area contributed by atoms with Gasteiger partial charge >= 0.3 is 6.08 Å². The topological polar surface area (TPSA) is 55.5 Å². The Bertz CT molecular complexity index is 231. The predicted octanol–water partition coefficient (Wildman–Crippen LogP) is 0.732. The van der Waals surface area contributed by atoms with Crippen molar-refractivity contribution in [1.82, 2.24) is 4.98 Å². The minimum Gasteiger partial charge on any atom is -0.446 e. The maximum atomic E-state index is 8.58. The smallest absolute Gasteiger partial charge is 0.394 e. The van der Waals surface area contributed by atoms with Gasteiger partial charge in [-0.3, -0.25) is 0 Å². The molecule has 60 valence electrons. The summed E-state index contributed by atoms with van der Waals surface area (Å²) in [7, 11) is 0. The molecule has 0 aromatic carbocycles. The van der Waals surface area contributed by atoms with E-state index >= 15 is 0 Å². The van der Waals surface area contributed by atoms with E-state index in [0.29, 0.717) is 12.3 Å². The number of aliphatic hydroxyl groups is 1. The molecule has 0 spiro atoms. The van der Waals surface area contributed by atoms with Gasteiger partial charge in [-0.2, -0.15) is 4.98 Å². The second-order valence-electron chi connectivity index (χ2n) is 1.86. The Labute approximate surface area is 64.1 Å². The first-order chi connectivity index (χ1) is 5.36. The van der Waals surface area contributed by atoms with E-state index in [1.54, 1.807) is 6.08 Å². The molecule has 0 amide bonds. The normalized spacial score (nSPS) is 9.55. The van der Waals surface area contributed by atoms with Crippen LogP contribution in [0.5, 0.6) is 6.08 Å². The van der Waals surface area contributed by atoms with Gasteiger partial charge in [0.05, 0.1) is 6.61 Å². The van der Waals surface area contributed by atoms with Crippen molar-refractivity contribution in [2.75, 3.05) is 6.61 Å². The summed E-state index contributed by atoms with van der Waals surface area (Å²) in [5.74, 6) is 0. The molecule has 0 aliphatic heterocycles. The Balaban J connectivity index is 2.50. The largest absolute Gasteiger partial charge is 0.446 e. The van der Waals surface area contributed by atoms with Crippen LogP contribution in [0.2, 0.25) is 0 Å². The van der Waals surface area contributed by atoms with Crippen LogP contribution in [0.1, 0.15) is 5.69 Å². The van der Waals surface area contributed by atoms with E-state index in [9.17, 15) is 0 Å². The molecule has 0 bridgehead atoms. The minimum atomic E-state index is -0.138. The lowest BCUT2D eigenvalue weighted by molar-refractivity contribution is 0.258. The summed E-state index contributed by atoms with van der Waals surface area (Å²) in [5, 5.41) is 8.58. The van der Waals surface area contributed by atoms with Gasteiger partial charge in [0.25, 0.3) is 0 Å². The second kappa shape index (κ2) is 3.78. The van der Waals surface area contributed by atoms with Crippen molar-refractivity contribution >= 4 is 0 Å². The summed E-state index contributed by atoms with van der Waals surface area (Å²) in [6.45, 7) is 3.67. The van der Waals surface area contributed by atoms with Gasteiger partial charge in [0.15, 0.2) is 0 Å². The zero-order valence-electron chi connectivity index (χ0n) is 5.99. The highest BCUT2D eigenvalue weighted by molar-refractivity contribution is 4.98. The standard InChI is InChI=1S/C7H9NO3/c1-2-3-10-7-8-6(4-9)5-11-7/h2,5,9H,1,3-4H2. The molecule has 0 saturated carbocycles. The fourth-order valence-corrected chi connectivity index (χ4v) is 0.558. The van der Waals surface area contributed by atoms with E-state index in [1.165, 1.54) is 6.26 Å². The van der Waals surface area contributed by atoms with Gasteiger partial charge in [-0.15, -0.1) is 0 Å². The summed E-state index contributed by atoms with van der Waals surface area (Å²) < 4.78 is 9.75. The van der Waals surface area contributed by atoms with Crippen molar-refractivity contribution in [3.8, 4) is 6.08 Å². The van der Waals surface area contributed by atoms with Crippen LogP contribution < -0.4 is 4.74 Å². The minimum absolute atomic E-state index is 0.138. The lowest BCUT2D eigenvalue weighted by Crippen LogP contribution is -1.92. The number of aliphatic hydroxyl groups excluding tert-OH is 1. The van der Waals surface area contributed by atoms with E-state index < -0.39 is 0 Å². The molecule has 0 aliphatic rings. The van der Waals surface area contributed by atoms with Crippen LogP contribution >= 0.6 is 0 Å². The molecule has 0 atom stereocenters. The van der Waals surface area contributed by atoms with Crippen LogP contribution in [0, 0.1) is 0 Å². The fourth-order valence-electron chi connectivity index (χ4n) is 0.558. The molecule has 4 heteroatoms. The van der Waals surface area contributed by atoms with Gasteiger partial charge in [-0.05, 0) is 0 Å². The molecule has 0 aliphatic carbocycles. The third-order valence-electron chi connectivity index (χ3n) is 1.02. The number of aromatic nitrogens is 1. The zero-order chi connectivity index (χ0) is 8.10. The Hall–Kier alpha value is -1.29. The fraction of sp³-hybridized carbons (Fsp3) is 0.286. The van der Waals surface area contributed by atoms with Crippen molar-refractivity contribution in [1.29, 1.82) is 0 Å². The van der Waals surface area contributed by atoms with Crippen LogP contribution in [0.25, 0.3) is 0 Å². The number of hydrogen-bond donors (Lipinski definition) is 1. The molecular formula is C7H9NO3. The van der Waals surface area contributed by atoms with Crippen molar-refractivity contribution in [2.45, 2.75) is 6.61 Å². The quantitative estimate of drug-likeness (QED) is 0.651. The molecule has 1 N–H and O–H groups in total. The van der Waals surface area contributed by atoms with Gasteiger partial charge in [-0.25, -0.2) is 0 Å². The van der Waals surface area contributed by atoms with E-state index in [1.807, 2.05) is 0 Å². The molecule has 1 rings (SSSR count). The van der Waals surface area contributed by atoms with E-state index in [0.717, 1.165) is 0 Å². The average Bonchev–Trinajstić information content (AvgIpc) is 2.48. The first-order valence-corrected chi connectivity index (χ1v) is 3.15. The molecule has 0 unspecified atom stereocenters. The molecule has 0 radical (unpaired) electrons. The van der Waals surface area contributed by atoms with Crippen LogP contribution in [0.4, 0.5) is 0 Å². The lowest BCUT2D eigenvalue weighted by atomic mass is 10.5. The molecule has 11 heavy (non-hydrogen) atoms. The third kappa shape index (κ3) is 2.09. The highest BCUT2D eigenvalue weighted by atomic mass is 16.6. The highest BCUT2D eigenvalue weighted by Crippen LogP contribution is 2.09. The van der Waals surface area contributed by atoms with E-state index in [4.69, 9.17) is 14.3 Å². The predicted molar refractivity (Wildman–Crippen MR) is 38.1 cm³/mol. The molecule has 1 aromatic rings. The Kier molecular flexibility index (Phi) is 2.68. The first-order valence-electron chi connectivity index (χ1n) is 3.15. The van der Waals surface area contributed by atoms with Crippen molar-refractivity contribution < 1.29 is 14.3 Å². The van der Waals surface area contributed by atoms with Crippen LogP contribution in [-0.4, -0.2) is 16.7 Å². The van der Waals surface area contributed by atoms with Crippen LogP contribution in [0.3, 0.4) is 0 Å². The Morgan fingerprint density at radius 3 is 3.18 bits per heavy atom. The van der Waals surface area contributed by atoms with Crippen molar-refractivity contribution in [3.63, 3.8) is 0 Å². The summed E-state index contributed by atoms with van der Waals surface area (Å²) in [4.78, 5) is 3.78. The number of hydrogen-bond acceptors (Lipinski definition) is 4. The summed E-state index contributed by atoms with van der Waals surface area (Å²) >= 11 is 0. The zero-order valence-corrected chi connectivity index (χ0v) is 5.99. The molecule has 0 fully saturated rings. The molecular weight excluding hydrogens is 146 g/mol. The van der Waals surface area contributed by atoms with Gasteiger partial charge in [0.1, 0.15) is 18.6 Å². The number of rotatable bonds is 4. The maximum Gasteiger partial charge on any atom is 0.394 e. The molecule has 1 heterocycles. The van der Waals surface area contributed by atoms with Gasteiger partial charge < -0.3 is 14.3 Å². The molecule has 4 nitrogen and oxygen atoms in total. The molecule has 1 aromatic heterocycles. The number of ether oxygens (including phenoxy) is 1. The third-order valence-corrected chi connectivity index (χ3v) is 1.02. The summed E-state index contributed by atoms with van der Waals surface area (Å²) in [5.41, 5.74) is 0.462. The summed E-state index contributed by atoms with van der Waals surface area (Å²) in [6, 6.07) is 0. The monoisotopic (exact) mass is 155 g/mol. The Morgan fingerprint density at radius 1 is 1.82 bits per heavy atom. The number of nitrogens with zero attached hydrogens (tertiary/aromatic N) is 1. The van der Waals surface area contributed by atoms with E-state index in [-0.39, 0.29) is 12.7 Å². The summed E-state index contributed by atoms with van der Waals surface area (Å²) in [6.07, 6.45) is 3.09. The Morgan fingerprint density at radius 2 is 2.64 bits per heavy atom. The van der Waals surface area contributed by atoms with Crippen LogP contribution in [-0.2, 0) is 6.61 Å². The SMILES string of the molecule is C=CCOc1nc(CO)co1. The maximum absolute atomic E-state index is 8.58. The molecule has 0 saturated heterocycles. The van der Waals surface area contributed by atoms with E-state index in [2.05, 4.69) is 11.6 Å². The highest BCUT2D eigenvalue weighted by Gasteiger charge is 2.01. The lowest BCUT2D eigenvalue weighted by Gasteiger charge is -1.92. The second-order valence-corrected chi connectivity index (χ2v) is 1.86. The van der Waals surface area contributed by atoms with Gasteiger partial charge in [0, 0.05) is 0 Å². The first kappa shape index (κ1) is 7.81. The van der Waals surface area contributed by atoms with Gasteiger partial charge in [0.2, 0.25) is 0 Å². The average molecular weight is 155 g/mol. The number of oxazole rings is 1. The van der Waals surface area contributed by atoms with Gasteiger partial charge in [-0.1, -0.05) is 12.7 Å².